The van der Waals surface area contributed by atoms with Gasteiger partial charge in [-0.05, 0) is 62.9 Å². The Morgan fingerprint density at radius 3 is 2.33 bits per heavy atom. The molecule has 0 aromatic heterocycles. The third-order valence-corrected chi connectivity index (χ3v) is 5.42. The Hall–Kier alpha value is -3.27. The highest BCUT2D eigenvalue weighted by atomic mass is 16.5. The topological polar surface area (TPSA) is 47.6 Å². The molecule has 1 amide bonds. The van der Waals surface area contributed by atoms with Crippen molar-refractivity contribution in [3.63, 3.8) is 0 Å². The number of benzene rings is 3. The number of aryl methyl sites for hydroxylation is 2. The van der Waals surface area contributed by atoms with Crippen LogP contribution in [-0.2, 0) is 6.61 Å². The fraction of sp³-hybridized carbons (Fsp3) is 0.345. The van der Waals surface area contributed by atoms with Gasteiger partial charge in [-0.3, -0.25) is 4.79 Å². The van der Waals surface area contributed by atoms with Crippen molar-refractivity contribution in [1.82, 2.24) is 5.32 Å². The van der Waals surface area contributed by atoms with E-state index in [1.165, 1.54) is 11.1 Å². The molecule has 3 aromatic carbocycles. The highest BCUT2D eigenvalue weighted by molar-refractivity contribution is 5.94. The van der Waals surface area contributed by atoms with Gasteiger partial charge in [0, 0.05) is 11.1 Å². The number of carbonyl (C=O) groups is 1. The quantitative estimate of drug-likeness (QED) is 0.373. The van der Waals surface area contributed by atoms with Crippen LogP contribution in [-0.4, -0.2) is 12.5 Å². The average molecular weight is 446 g/mol. The molecule has 33 heavy (non-hydrogen) atoms. The normalized spacial score (nSPS) is 11.8. The van der Waals surface area contributed by atoms with Crippen LogP contribution >= 0.6 is 0 Å². The Labute approximate surface area is 197 Å². The summed E-state index contributed by atoms with van der Waals surface area (Å²) in [6.07, 6.45) is 0.874. The smallest absolute Gasteiger partial charge is 0.251 e. The van der Waals surface area contributed by atoms with Gasteiger partial charge in [0.25, 0.3) is 5.91 Å². The maximum Gasteiger partial charge on any atom is 0.251 e. The maximum absolute atomic E-state index is 13.2. The summed E-state index contributed by atoms with van der Waals surface area (Å²) in [6.45, 7) is 11.5. The second-order valence-electron chi connectivity index (χ2n) is 8.93. The van der Waals surface area contributed by atoms with E-state index in [0.29, 0.717) is 30.4 Å². The number of para-hydroxylation sites is 1. The first-order valence-electron chi connectivity index (χ1n) is 11.7. The van der Waals surface area contributed by atoms with Gasteiger partial charge in [0.15, 0.2) is 0 Å². The predicted octanol–water partition coefficient (Wildman–Crippen LogP) is 6.80. The molecule has 0 saturated carbocycles. The van der Waals surface area contributed by atoms with Crippen LogP contribution < -0.4 is 14.8 Å². The van der Waals surface area contributed by atoms with Crippen molar-refractivity contribution in [1.29, 1.82) is 0 Å². The molecule has 0 aliphatic carbocycles. The molecule has 0 saturated heterocycles. The molecule has 3 aromatic rings. The Bertz CT molecular complexity index is 1050. The fourth-order valence-electron chi connectivity index (χ4n) is 4.01. The van der Waals surface area contributed by atoms with Gasteiger partial charge in [-0.15, -0.1) is 0 Å². The fourth-order valence-corrected chi connectivity index (χ4v) is 4.01. The number of hydrogen-bond acceptors (Lipinski definition) is 3. The summed E-state index contributed by atoms with van der Waals surface area (Å²) in [5.41, 5.74) is 5.12. The van der Waals surface area contributed by atoms with E-state index < -0.39 is 0 Å². The van der Waals surface area contributed by atoms with Crippen molar-refractivity contribution in [2.75, 3.05) is 6.61 Å². The highest BCUT2D eigenvalue weighted by Gasteiger charge is 2.18. The van der Waals surface area contributed by atoms with Crippen molar-refractivity contribution in [3.8, 4) is 11.5 Å². The van der Waals surface area contributed by atoms with Gasteiger partial charge in [-0.2, -0.15) is 0 Å². The Morgan fingerprint density at radius 2 is 1.64 bits per heavy atom. The number of rotatable bonds is 10. The minimum absolute atomic E-state index is 0.0428. The van der Waals surface area contributed by atoms with Gasteiger partial charge >= 0.3 is 0 Å². The van der Waals surface area contributed by atoms with E-state index in [0.717, 1.165) is 23.3 Å². The Kier molecular flexibility index (Phi) is 8.53. The van der Waals surface area contributed by atoms with E-state index in [1.54, 1.807) is 6.07 Å². The molecule has 174 valence electrons. The van der Waals surface area contributed by atoms with Crippen LogP contribution in [0.4, 0.5) is 0 Å². The molecule has 4 heteroatoms. The number of hydrogen-bond donors (Lipinski definition) is 1. The minimum atomic E-state index is -0.0972. The molecule has 0 radical (unpaired) electrons. The summed E-state index contributed by atoms with van der Waals surface area (Å²) in [4.78, 5) is 13.2. The molecule has 0 aliphatic rings. The number of carbonyl (C=O) groups excluding carboxylic acids is 1. The lowest BCUT2D eigenvalue weighted by molar-refractivity contribution is 0.0931. The monoisotopic (exact) mass is 445 g/mol. The second kappa shape index (κ2) is 11.6. The van der Waals surface area contributed by atoms with Gasteiger partial charge in [0.05, 0.1) is 12.6 Å². The van der Waals surface area contributed by atoms with Crippen LogP contribution in [0.3, 0.4) is 0 Å². The molecular formula is C29H35NO3. The van der Waals surface area contributed by atoms with Crippen LogP contribution in [0.1, 0.15) is 65.8 Å². The first kappa shape index (κ1) is 24.4. The van der Waals surface area contributed by atoms with Crippen molar-refractivity contribution < 1.29 is 14.3 Å². The minimum Gasteiger partial charge on any atom is -0.493 e. The Balaban J connectivity index is 1.73. The Morgan fingerprint density at radius 1 is 0.909 bits per heavy atom. The second-order valence-corrected chi connectivity index (χ2v) is 8.93. The molecule has 3 rings (SSSR count). The van der Waals surface area contributed by atoms with E-state index >= 15 is 0 Å². The third kappa shape index (κ3) is 7.11. The van der Waals surface area contributed by atoms with Gasteiger partial charge in [-0.25, -0.2) is 0 Å². The van der Waals surface area contributed by atoms with Crippen LogP contribution in [0.15, 0.2) is 66.7 Å². The zero-order valence-electron chi connectivity index (χ0n) is 20.4. The molecule has 0 bridgehead atoms. The molecule has 1 unspecified atom stereocenters. The van der Waals surface area contributed by atoms with Gasteiger partial charge in [0.1, 0.15) is 18.1 Å². The number of nitrogens with one attached hydrogen (secondary N) is 1. The zero-order chi connectivity index (χ0) is 23.8. The van der Waals surface area contributed by atoms with Gasteiger partial charge in [0.2, 0.25) is 0 Å². The lowest BCUT2D eigenvalue weighted by atomic mass is 9.94. The summed E-state index contributed by atoms with van der Waals surface area (Å²) in [5.74, 6) is 1.83. The van der Waals surface area contributed by atoms with Gasteiger partial charge in [-0.1, -0.05) is 67.4 Å². The molecule has 4 nitrogen and oxygen atoms in total. The summed E-state index contributed by atoms with van der Waals surface area (Å²) in [6, 6.07) is 21.6. The molecule has 0 fully saturated rings. The van der Waals surface area contributed by atoms with Crippen molar-refractivity contribution in [2.24, 2.45) is 5.92 Å². The predicted molar refractivity (Wildman–Crippen MR) is 134 cm³/mol. The molecule has 1 atom stereocenters. The summed E-state index contributed by atoms with van der Waals surface area (Å²) >= 11 is 0. The first-order chi connectivity index (χ1) is 15.9. The third-order valence-electron chi connectivity index (χ3n) is 5.42. The molecule has 0 heterocycles. The van der Waals surface area contributed by atoms with Gasteiger partial charge < -0.3 is 14.8 Å². The van der Waals surface area contributed by atoms with Crippen molar-refractivity contribution in [3.05, 3.63) is 94.5 Å². The largest absolute Gasteiger partial charge is 0.493 e. The first-order valence-corrected chi connectivity index (χ1v) is 11.7. The van der Waals surface area contributed by atoms with Crippen LogP contribution in [0, 0.1) is 19.8 Å². The molecular weight excluding hydrogens is 410 g/mol. The molecule has 1 N–H and O–H groups in total. The van der Waals surface area contributed by atoms with Crippen LogP contribution in [0.2, 0.25) is 0 Å². The molecule has 0 aliphatic heterocycles. The SMILES string of the molecule is CCOc1ccccc1COc1cccc(C(=O)NC(CC(C)C)c2cc(C)cc(C)c2)c1. The average Bonchev–Trinajstić information content (AvgIpc) is 2.77. The number of ether oxygens (including phenoxy) is 2. The summed E-state index contributed by atoms with van der Waals surface area (Å²) < 4.78 is 11.7. The summed E-state index contributed by atoms with van der Waals surface area (Å²) in [7, 11) is 0. The highest BCUT2D eigenvalue weighted by Crippen LogP contribution is 2.25. The maximum atomic E-state index is 13.2. The van der Waals surface area contributed by atoms with Crippen LogP contribution in [0.25, 0.3) is 0 Å². The van der Waals surface area contributed by atoms with E-state index in [-0.39, 0.29) is 11.9 Å². The summed E-state index contributed by atoms with van der Waals surface area (Å²) in [5, 5.41) is 3.25. The van der Waals surface area contributed by atoms with E-state index in [1.807, 2.05) is 49.4 Å². The van der Waals surface area contributed by atoms with Crippen molar-refractivity contribution in [2.45, 2.75) is 53.7 Å². The number of amides is 1. The van der Waals surface area contributed by atoms with E-state index in [9.17, 15) is 4.79 Å². The van der Waals surface area contributed by atoms with Crippen molar-refractivity contribution >= 4 is 5.91 Å². The lowest BCUT2D eigenvalue weighted by Crippen LogP contribution is -2.29. The van der Waals surface area contributed by atoms with E-state index in [2.05, 4.69) is 51.2 Å². The van der Waals surface area contributed by atoms with E-state index in [4.69, 9.17) is 9.47 Å². The lowest BCUT2D eigenvalue weighted by Gasteiger charge is -2.22. The zero-order valence-corrected chi connectivity index (χ0v) is 20.4. The van der Waals surface area contributed by atoms with Crippen LogP contribution in [0.5, 0.6) is 11.5 Å². The molecule has 0 spiro atoms. The standard InChI is InChI=1S/C29H35NO3/c1-6-32-28-13-8-7-10-24(28)19-33-26-12-9-11-23(18-26)29(31)30-27(14-20(2)3)25-16-21(4)15-22(5)17-25/h7-13,15-18,20,27H,6,14,19H2,1-5H3,(H,30,31).